The van der Waals surface area contributed by atoms with Crippen LogP contribution in [0.15, 0.2) is 17.3 Å². The Morgan fingerprint density at radius 3 is 2.80 bits per heavy atom. The van der Waals surface area contributed by atoms with Crippen LogP contribution in [0, 0.1) is 12.8 Å². The number of nitrogens with two attached hydrogens (primary N) is 1. The highest BCUT2D eigenvalue weighted by atomic mass is 16.5. The Morgan fingerprint density at radius 1 is 1.50 bits per heavy atom. The van der Waals surface area contributed by atoms with Crippen LogP contribution in [0.2, 0.25) is 0 Å². The normalized spacial score (nSPS) is 17.5. The fourth-order valence-electron chi connectivity index (χ4n) is 2.58. The van der Waals surface area contributed by atoms with E-state index < -0.39 is 0 Å². The Labute approximate surface area is 119 Å². The van der Waals surface area contributed by atoms with Crippen molar-refractivity contribution in [1.82, 2.24) is 4.98 Å². The highest BCUT2D eigenvalue weighted by Crippen LogP contribution is 2.25. The maximum absolute atomic E-state index is 8.89. The van der Waals surface area contributed by atoms with Gasteiger partial charge >= 0.3 is 0 Å². The fourth-order valence-corrected chi connectivity index (χ4v) is 2.58. The van der Waals surface area contributed by atoms with Gasteiger partial charge in [-0.1, -0.05) is 5.16 Å². The molecule has 0 aromatic carbocycles. The summed E-state index contributed by atoms with van der Waals surface area (Å²) in [4.78, 5) is 6.76. The summed E-state index contributed by atoms with van der Waals surface area (Å²) < 4.78 is 5.21. The zero-order valence-corrected chi connectivity index (χ0v) is 12.0. The van der Waals surface area contributed by atoms with Gasteiger partial charge < -0.3 is 20.6 Å². The molecule has 1 aliphatic rings. The van der Waals surface area contributed by atoms with Gasteiger partial charge in [0.1, 0.15) is 5.82 Å². The zero-order chi connectivity index (χ0) is 14.5. The standard InChI is InChI=1S/C14H22N4O2/c1-10-3-4-12(13(15)17-19)14(16-10)18-7-5-11(6-8-18)9-20-2/h3-4,11,19H,5-9H2,1-2H3,(H2,15,17). The van der Waals surface area contributed by atoms with Crippen LogP contribution < -0.4 is 10.6 Å². The number of methoxy groups -OCH3 is 1. The topological polar surface area (TPSA) is 84.0 Å². The average Bonchev–Trinajstić information content (AvgIpc) is 2.47. The van der Waals surface area contributed by atoms with E-state index in [0.29, 0.717) is 11.5 Å². The van der Waals surface area contributed by atoms with Crippen molar-refractivity contribution >= 4 is 11.7 Å². The Hall–Kier alpha value is -1.82. The third kappa shape index (κ3) is 3.19. The third-order valence-electron chi connectivity index (χ3n) is 3.71. The van der Waals surface area contributed by atoms with Crippen molar-refractivity contribution in [3.8, 4) is 0 Å². The van der Waals surface area contributed by atoms with E-state index in [0.717, 1.165) is 44.0 Å². The highest BCUT2D eigenvalue weighted by Gasteiger charge is 2.23. The number of rotatable bonds is 4. The summed E-state index contributed by atoms with van der Waals surface area (Å²) in [5.41, 5.74) is 7.35. The van der Waals surface area contributed by atoms with Crippen LogP contribution in [0.25, 0.3) is 0 Å². The molecule has 20 heavy (non-hydrogen) atoms. The molecule has 0 radical (unpaired) electrons. The smallest absolute Gasteiger partial charge is 0.173 e. The quantitative estimate of drug-likeness (QED) is 0.376. The van der Waals surface area contributed by atoms with Crippen molar-refractivity contribution in [2.45, 2.75) is 19.8 Å². The largest absolute Gasteiger partial charge is 0.409 e. The minimum atomic E-state index is 0.103. The second-order valence-electron chi connectivity index (χ2n) is 5.19. The first-order valence-electron chi connectivity index (χ1n) is 6.85. The van der Waals surface area contributed by atoms with Gasteiger partial charge in [-0.05, 0) is 37.8 Å². The van der Waals surface area contributed by atoms with Crippen LogP contribution in [0.3, 0.4) is 0 Å². The summed E-state index contributed by atoms with van der Waals surface area (Å²) in [5, 5.41) is 12.0. The van der Waals surface area contributed by atoms with Gasteiger partial charge in [-0.15, -0.1) is 0 Å². The van der Waals surface area contributed by atoms with Crippen LogP contribution >= 0.6 is 0 Å². The maximum atomic E-state index is 8.89. The van der Waals surface area contributed by atoms with Crippen LogP contribution in [-0.4, -0.2) is 42.8 Å². The molecule has 1 aromatic heterocycles. The van der Waals surface area contributed by atoms with Gasteiger partial charge in [-0.2, -0.15) is 0 Å². The highest BCUT2D eigenvalue weighted by molar-refractivity contribution is 6.01. The molecule has 1 aromatic rings. The molecule has 0 aliphatic carbocycles. The number of ether oxygens (including phenoxy) is 1. The molecule has 3 N–H and O–H groups in total. The molecule has 0 bridgehead atoms. The van der Waals surface area contributed by atoms with Gasteiger partial charge in [0.2, 0.25) is 0 Å². The first-order valence-corrected chi connectivity index (χ1v) is 6.85. The second kappa shape index (κ2) is 6.56. The number of oxime groups is 1. The number of piperidine rings is 1. The zero-order valence-electron chi connectivity index (χ0n) is 12.0. The van der Waals surface area contributed by atoms with Crippen molar-refractivity contribution in [2.24, 2.45) is 16.8 Å². The molecule has 110 valence electrons. The van der Waals surface area contributed by atoms with E-state index >= 15 is 0 Å². The number of nitrogens with zero attached hydrogens (tertiary/aromatic N) is 3. The molecule has 1 aliphatic heterocycles. The lowest BCUT2D eigenvalue weighted by molar-refractivity contribution is 0.139. The average molecular weight is 278 g/mol. The van der Waals surface area contributed by atoms with E-state index in [2.05, 4.69) is 15.0 Å². The van der Waals surface area contributed by atoms with Gasteiger partial charge in [-0.25, -0.2) is 4.98 Å². The number of aromatic nitrogens is 1. The molecule has 1 saturated heterocycles. The number of aryl methyl sites for hydroxylation is 1. The van der Waals surface area contributed by atoms with Gasteiger partial charge in [0.15, 0.2) is 5.84 Å². The Kier molecular flexibility index (Phi) is 4.79. The summed E-state index contributed by atoms with van der Waals surface area (Å²) in [5.74, 6) is 1.51. The molecular weight excluding hydrogens is 256 g/mol. The van der Waals surface area contributed by atoms with Gasteiger partial charge in [0.25, 0.3) is 0 Å². The molecule has 0 amide bonds. The number of pyridine rings is 1. The molecule has 2 rings (SSSR count). The van der Waals surface area contributed by atoms with Crippen LogP contribution in [0.1, 0.15) is 24.1 Å². The molecule has 0 saturated carbocycles. The molecular formula is C14H22N4O2. The predicted molar refractivity (Wildman–Crippen MR) is 78.3 cm³/mol. The van der Waals surface area contributed by atoms with Crippen LogP contribution in [0.5, 0.6) is 0 Å². The van der Waals surface area contributed by atoms with Crippen molar-refractivity contribution in [3.63, 3.8) is 0 Å². The summed E-state index contributed by atoms with van der Waals surface area (Å²) in [6, 6.07) is 3.72. The maximum Gasteiger partial charge on any atom is 0.173 e. The van der Waals surface area contributed by atoms with Crippen molar-refractivity contribution in [2.75, 3.05) is 31.7 Å². The van der Waals surface area contributed by atoms with E-state index in [1.807, 2.05) is 19.1 Å². The summed E-state index contributed by atoms with van der Waals surface area (Å²) >= 11 is 0. The molecule has 6 heteroatoms. The van der Waals surface area contributed by atoms with Crippen molar-refractivity contribution < 1.29 is 9.94 Å². The molecule has 0 spiro atoms. The Balaban J connectivity index is 2.18. The third-order valence-corrected chi connectivity index (χ3v) is 3.71. The first kappa shape index (κ1) is 14.6. The minimum Gasteiger partial charge on any atom is -0.409 e. The predicted octanol–water partition coefficient (Wildman–Crippen LogP) is 1.35. The molecule has 0 unspecified atom stereocenters. The molecule has 1 fully saturated rings. The fraction of sp³-hybridized carbons (Fsp3) is 0.571. The van der Waals surface area contributed by atoms with E-state index in [-0.39, 0.29) is 5.84 Å². The monoisotopic (exact) mass is 278 g/mol. The molecule has 6 nitrogen and oxygen atoms in total. The number of anilines is 1. The number of amidine groups is 1. The van der Waals surface area contributed by atoms with Crippen molar-refractivity contribution in [3.05, 3.63) is 23.4 Å². The van der Waals surface area contributed by atoms with E-state index in [1.54, 1.807) is 7.11 Å². The van der Waals surface area contributed by atoms with Gasteiger partial charge in [0.05, 0.1) is 5.56 Å². The minimum absolute atomic E-state index is 0.103. The summed E-state index contributed by atoms with van der Waals surface area (Å²) in [7, 11) is 1.74. The number of hydrogen-bond donors (Lipinski definition) is 2. The molecule has 0 atom stereocenters. The second-order valence-corrected chi connectivity index (χ2v) is 5.19. The lowest BCUT2D eigenvalue weighted by Gasteiger charge is -2.33. The van der Waals surface area contributed by atoms with Crippen LogP contribution in [-0.2, 0) is 4.74 Å². The summed E-state index contributed by atoms with van der Waals surface area (Å²) in [6.07, 6.45) is 2.14. The Bertz CT molecular complexity index is 482. The molecule has 2 heterocycles. The lowest BCUT2D eigenvalue weighted by atomic mass is 9.97. The van der Waals surface area contributed by atoms with Gasteiger partial charge in [0, 0.05) is 32.5 Å². The van der Waals surface area contributed by atoms with Crippen LogP contribution in [0.4, 0.5) is 5.82 Å². The number of hydrogen-bond acceptors (Lipinski definition) is 5. The first-order chi connectivity index (χ1) is 9.65. The Morgan fingerprint density at radius 2 is 2.20 bits per heavy atom. The SMILES string of the molecule is COCC1CCN(c2nc(C)ccc2C(N)=NO)CC1. The van der Waals surface area contributed by atoms with Gasteiger partial charge in [-0.3, -0.25) is 0 Å². The van der Waals surface area contributed by atoms with E-state index in [9.17, 15) is 0 Å². The van der Waals surface area contributed by atoms with Crippen molar-refractivity contribution in [1.29, 1.82) is 0 Å². The van der Waals surface area contributed by atoms with E-state index in [1.165, 1.54) is 0 Å². The summed E-state index contributed by atoms with van der Waals surface area (Å²) in [6.45, 7) is 4.58. The van der Waals surface area contributed by atoms with E-state index in [4.69, 9.17) is 15.7 Å². The lowest BCUT2D eigenvalue weighted by Crippen LogP contribution is -2.37.